The molecule has 122 valence electrons. The van der Waals surface area contributed by atoms with Crippen LogP contribution in [0.2, 0.25) is 0 Å². The molecule has 0 bridgehead atoms. The van der Waals surface area contributed by atoms with Gasteiger partial charge in [-0.1, -0.05) is 18.2 Å². The van der Waals surface area contributed by atoms with Crippen LogP contribution in [0.5, 0.6) is 0 Å². The molecule has 2 atom stereocenters. The van der Waals surface area contributed by atoms with E-state index in [9.17, 15) is 4.39 Å². The second kappa shape index (κ2) is 7.08. The van der Waals surface area contributed by atoms with Gasteiger partial charge >= 0.3 is 0 Å². The number of benzene rings is 1. The number of hydrogen-bond donors (Lipinski definition) is 2. The number of aliphatic imine (C=N–C) groups is 1. The average Bonchev–Trinajstić information content (AvgIpc) is 3.18. The first-order valence-corrected chi connectivity index (χ1v) is 8.68. The fourth-order valence-electron chi connectivity index (χ4n) is 2.68. The highest BCUT2D eigenvalue weighted by molar-refractivity contribution is 7.09. The molecule has 1 aliphatic carbocycles. The van der Waals surface area contributed by atoms with Gasteiger partial charge in [-0.05, 0) is 25.0 Å². The molecule has 2 unspecified atom stereocenters. The molecule has 4 nitrogen and oxygen atoms in total. The number of aromatic nitrogens is 1. The summed E-state index contributed by atoms with van der Waals surface area (Å²) < 4.78 is 13.8. The van der Waals surface area contributed by atoms with Crippen molar-refractivity contribution >= 4 is 17.3 Å². The van der Waals surface area contributed by atoms with Crippen LogP contribution in [0.25, 0.3) is 0 Å². The van der Waals surface area contributed by atoms with E-state index in [0.717, 1.165) is 41.6 Å². The maximum Gasteiger partial charge on any atom is 0.191 e. The predicted octanol–water partition coefficient (Wildman–Crippen LogP) is 2.85. The Morgan fingerprint density at radius 3 is 2.96 bits per heavy atom. The third kappa shape index (κ3) is 4.07. The second-order valence-electron chi connectivity index (χ2n) is 5.72. The van der Waals surface area contributed by atoms with Crippen molar-refractivity contribution in [3.05, 3.63) is 51.7 Å². The molecular formula is C17H21FN4S. The topological polar surface area (TPSA) is 49.3 Å². The molecule has 1 fully saturated rings. The first-order chi connectivity index (χ1) is 11.2. The van der Waals surface area contributed by atoms with Crippen molar-refractivity contribution in [1.82, 2.24) is 15.6 Å². The summed E-state index contributed by atoms with van der Waals surface area (Å²) in [5, 5.41) is 9.83. The van der Waals surface area contributed by atoms with E-state index in [4.69, 9.17) is 0 Å². The van der Waals surface area contributed by atoms with Crippen LogP contribution in [0.1, 0.15) is 28.6 Å². The summed E-state index contributed by atoms with van der Waals surface area (Å²) >= 11 is 1.67. The zero-order chi connectivity index (χ0) is 16.2. The first kappa shape index (κ1) is 15.9. The number of halogens is 1. The van der Waals surface area contributed by atoms with Crippen molar-refractivity contribution in [2.45, 2.75) is 31.7 Å². The molecule has 0 saturated heterocycles. The molecular weight excluding hydrogens is 311 g/mol. The minimum absolute atomic E-state index is 0.122. The van der Waals surface area contributed by atoms with Gasteiger partial charge in [0.05, 0.1) is 10.7 Å². The number of hydrogen-bond acceptors (Lipinski definition) is 3. The van der Waals surface area contributed by atoms with Crippen LogP contribution < -0.4 is 10.6 Å². The van der Waals surface area contributed by atoms with Gasteiger partial charge in [0.1, 0.15) is 5.82 Å². The highest BCUT2D eigenvalue weighted by atomic mass is 32.1. The van der Waals surface area contributed by atoms with E-state index in [1.54, 1.807) is 24.5 Å². The third-order valence-electron chi connectivity index (χ3n) is 3.98. The van der Waals surface area contributed by atoms with E-state index in [2.05, 4.69) is 26.0 Å². The van der Waals surface area contributed by atoms with Crippen LogP contribution in [-0.4, -0.2) is 30.6 Å². The lowest BCUT2D eigenvalue weighted by Crippen LogP contribution is -2.40. The number of nitrogens with zero attached hydrogens (tertiary/aromatic N) is 2. The minimum atomic E-state index is -0.122. The van der Waals surface area contributed by atoms with Crippen molar-refractivity contribution in [3.63, 3.8) is 0 Å². The van der Waals surface area contributed by atoms with Crippen LogP contribution in [0.15, 0.2) is 34.6 Å². The SMILES string of the molecule is CN=C(NCCc1csc(C)n1)NC1CC1c1ccccc1F. The second-order valence-corrected chi connectivity index (χ2v) is 6.78. The van der Waals surface area contributed by atoms with Crippen molar-refractivity contribution < 1.29 is 4.39 Å². The van der Waals surface area contributed by atoms with Gasteiger partial charge in [0.15, 0.2) is 5.96 Å². The molecule has 1 heterocycles. The molecule has 1 saturated carbocycles. The molecule has 0 radical (unpaired) electrons. The van der Waals surface area contributed by atoms with Crippen LogP contribution in [0, 0.1) is 12.7 Å². The van der Waals surface area contributed by atoms with Crippen LogP contribution in [0.4, 0.5) is 4.39 Å². The highest BCUT2D eigenvalue weighted by Gasteiger charge is 2.40. The number of guanidine groups is 1. The van der Waals surface area contributed by atoms with Gasteiger partial charge in [0.2, 0.25) is 0 Å². The van der Waals surface area contributed by atoms with Gasteiger partial charge in [-0.2, -0.15) is 0 Å². The highest BCUT2D eigenvalue weighted by Crippen LogP contribution is 2.41. The Morgan fingerprint density at radius 2 is 2.26 bits per heavy atom. The average molecular weight is 332 g/mol. The van der Waals surface area contributed by atoms with Gasteiger partial charge < -0.3 is 10.6 Å². The Kier molecular flexibility index (Phi) is 4.91. The molecule has 2 aromatic rings. The molecule has 2 N–H and O–H groups in total. The Labute approximate surface area is 139 Å². The monoisotopic (exact) mass is 332 g/mol. The Bertz CT molecular complexity index is 697. The Balaban J connectivity index is 1.47. The van der Waals surface area contributed by atoms with E-state index < -0.39 is 0 Å². The zero-order valence-corrected chi connectivity index (χ0v) is 14.2. The van der Waals surface area contributed by atoms with Crippen molar-refractivity contribution in [2.75, 3.05) is 13.6 Å². The number of nitrogens with one attached hydrogen (secondary N) is 2. The Hall–Kier alpha value is -1.95. The number of thiazole rings is 1. The first-order valence-electron chi connectivity index (χ1n) is 7.80. The standard InChI is InChI=1S/C17H21FN4S/c1-11-21-12(10-23-11)7-8-20-17(19-2)22-16-9-14(16)13-5-3-4-6-15(13)18/h3-6,10,14,16H,7-9H2,1-2H3,(H2,19,20,22). The van der Waals surface area contributed by atoms with Gasteiger partial charge in [-0.25, -0.2) is 9.37 Å². The summed E-state index contributed by atoms with van der Waals surface area (Å²) in [6, 6.07) is 7.25. The molecule has 1 aromatic carbocycles. The van der Waals surface area contributed by atoms with Crippen molar-refractivity contribution in [2.24, 2.45) is 4.99 Å². The predicted molar refractivity (Wildman–Crippen MR) is 92.6 cm³/mol. The molecule has 1 aromatic heterocycles. The van der Waals surface area contributed by atoms with Crippen LogP contribution >= 0.6 is 11.3 Å². The lowest BCUT2D eigenvalue weighted by Gasteiger charge is -2.11. The molecule has 6 heteroatoms. The van der Waals surface area contributed by atoms with E-state index in [1.165, 1.54) is 6.07 Å². The quantitative estimate of drug-likeness (QED) is 0.654. The van der Waals surface area contributed by atoms with Gasteiger partial charge in [0, 0.05) is 37.4 Å². The lowest BCUT2D eigenvalue weighted by molar-refractivity contribution is 0.607. The van der Waals surface area contributed by atoms with E-state index >= 15 is 0 Å². The molecule has 0 amide bonds. The van der Waals surface area contributed by atoms with Crippen LogP contribution in [0.3, 0.4) is 0 Å². The summed E-state index contributed by atoms with van der Waals surface area (Å²) in [7, 11) is 1.75. The number of rotatable bonds is 5. The summed E-state index contributed by atoms with van der Waals surface area (Å²) in [6.45, 7) is 2.79. The summed E-state index contributed by atoms with van der Waals surface area (Å²) in [5.74, 6) is 0.875. The fraction of sp³-hybridized carbons (Fsp3) is 0.412. The van der Waals surface area contributed by atoms with Crippen molar-refractivity contribution in [3.8, 4) is 0 Å². The number of aryl methyl sites for hydroxylation is 1. The van der Waals surface area contributed by atoms with Gasteiger partial charge in [-0.3, -0.25) is 4.99 Å². The molecule has 0 spiro atoms. The minimum Gasteiger partial charge on any atom is -0.356 e. The van der Waals surface area contributed by atoms with E-state index in [1.807, 2.05) is 19.1 Å². The molecule has 0 aliphatic heterocycles. The summed E-state index contributed by atoms with van der Waals surface area (Å²) in [5.41, 5.74) is 1.89. The molecule has 1 aliphatic rings. The Morgan fingerprint density at radius 1 is 1.43 bits per heavy atom. The summed E-state index contributed by atoms with van der Waals surface area (Å²) in [6.07, 6.45) is 1.80. The van der Waals surface area contributed by atoms with Gasteiger partial charge in [-0.15, -0.1) is 11.3 Å². The van der Waals surface area contributed by atoms with E-state index in [-0.39, 0.29) is 17.8 Å². The van der Waals surface area contributed by atoms with Gasteiger partial charge in [0.25, 0.3) is 0 Å². The molecule has 23 heavy (non-hydrogen) atoms. The fourth-order valence-corrected chi connectivity index (χ4v) is 3.32. The third-order valence-corrected chi connectivity index (χ3v) is 4.80. The van der Waals surface area contributed by atoms with E-state index in [0.29, 0.717) is 0 Å². The normalized spacial score (nSPS) is 20.4. The molecule has 3 rings (SSSR count). The largest absolute Gasteiger partial charge is 0.356 e. The zero-order valence-electron chi connectivity index (χ0n) is 13.3. The summed E-state index contributed by atoms with van der Waals surface area (Å²) in [4.78, 5) is 8.68. The van der Waals surface area contributed by atoms with Crippen LogP contribution in [-0.2, 0) is 6.42 Å². The lowest BCUT2D eigenvalue weighted by atomic mass is 10.1. The smallest absolute Gasteiger partial charge is 0.191 e. The maximum atomic E-state index is 13.8. The van der Waals surface area contributed by atoms with Crippen molar-refractivity contribution in [1.29, 1.82) is 0 Å². The maximum absolute atomic E-state index is 13.8.